The number of rotatable bonds is 22. The Morgan fingerprint density at radius 3 is 1.05 bits per heavy atom. The Labute approximate surface area is 758 Å². The zero-order valence-electron chi connectivity index (χ0n) is 73.1. The fourth-order valence-electron chi connectivity index (χ4n) is 14.5. The summed E-state index contributed by atoms with van der Waals surface area (Å²) in [6, 6.07) is 8.72. The molecule has 6 aliphatic heterocycles. The molecule has 3 amide bonds. The molecule has 4 N–H and O–H groups in total. The molecule has 6 aliphatic rings. The van der Waals surface area contributed by atoms with Gasteiger partial charge in [-0.25, -0.2) is 40.7 Å². The number of carbonyl (C=O) groups is 10. The highest BCUT2D eigenvalue weighted by Crippen LogP contribution is 2.46. The average Bonchev–Trinajstić information content (AvgIpc) is 0.741. The van der Waals surface area contributed by atoms with Crippen LogP contribution in [-0.4, -0.2) is 163 Å². The summed E-state index contributed by atoms with van der Waals surface area (Å²) in [4.78, 5) is 164. The topological polar surface area (TPSA) is 404 Å². The van der Waals surface area contributed by atoms with Gasteiger partial charge in [-0.2, -0.15) is 0 Å². The van der Waals surface area contributed by atoms with E-state index in [-0.39, 0.29) is 125 Å². The number of hydrogen-bond donors (Lipinski definition) is 4. The van der Waals surface area contributed by atoms with Gasteiger partial charge in [-0.1, -0.05) is 25.6 Å². The monoisotopic (exact) mass is 1950 g/mol. The number of aromatic hydroxyl groups is 1. The number of halogens is 8. The lowest BCUT2D eigenvalue weighted by Crippen LogP contribution is -2.52. The third-order valence-corrected chi connectivity index (χ3v) is 21.3. The Balaban J connectivity index is 0.000000239. The van der Waals surface area contributed by atoms with Crippen molar-refractivity contribution in [3.05, 3.63) is 189 Å². The molecule has 129 heavy (non-hydrogen) atoms. The van der Waals surface area contributed by atoms with Crippen molar-refractivity contribution < 1.29 is 136 Å². The summed E-state index contributed by atoms with van der Waals surface area (Å²) < 4.78 is 148. The van der Waals surface area contributed by atoms with Crippen LogP contribution in [0.1, 0.15) is 235 Å². The maximum Gasteiger partial charge on any atom is 0.511 e. The number of benzene rings is 3. The van der Waals surface area contributed by atoms with Gasteiger partial charge in [-0.15, -0.1) is 11.6 Å². The lowest BCUT2D eigenvalue weighted by molar-refractivity contribution is -0.147. The molecule has 0 saturated carbocycles. The minimum Gasteiger partial charge on any atom is -0.503 e. The minimum absolute atomic E-state index is 0. The second-order valence-electron chi connectivity index (χ2n) is 32.6. The Morgan fingerprint density at radius 1 is 0.457 bits per heavy atom. The van der Waals surface area contributed by atoms with Gasteiger partial charge in [0, 0.05) is 112 Å². The number of amides is 3. The number of nitrogens with one attached hydrogen (secondary N) is 3. The van der Waals surface area contributed by atoms with E-state index < -0.39 is 181 Å². The fraction of sp³-hybridized carbons (Fsp3) is 0.517. The Hall–Kier alpha value is -10.9. The summed E-state index contributed by atoms with van der Waals surface area (Å²) in [6.45, 7) is 26.2. The number of esters is 1. The number of fused-ring (bicyclic) bond motifs is 6. The predicted octanol–water partition coefficient (Wildman–Crippen LogP) is 14.5. The normalized spacial score (nSPS) is 20.1. The quantitative estimate of drug-likeness (QED) is 0.0122. The number of Topliss-reactive ketones (excluding diaryl/α,β-unsaturated/α-hetero) is 3. The predicted molar refractivity (Wildman–Crippen MR) is 460 cm³/mol. The molecule has 706 valence electrons. The van der Waals surface area contributed by atoms with Crippen LogP contribution in [-0.2, 0) is 91.4 Å². The van der Waals surface area contributed by atoms with Crippen LogP contribution in [0.5, 0.6) is 17.2 Å². The van der Waals surface area contributed by atoms with E-state index in [1.54, 1.807) is 76.2 Å². The highest BCUT2D eigenvalue weighted by atomic mass is 127. The molecule has 6 aromatic rings. The number of aromatic nitrogens is 3. The smallest absolute Gasteiger partial charge is 0.503 e. The first-order valence-electron chi connectivity index (χ1n) is 41.2. The average molecular weight is 1950 g/mol. The molecule has 40 heteroatoms. The molecule has 4 unspecified atom stereocenters. The molecule has 0 bridgehead atoms. The second-order valence-corrected chi connectivity index (χ2v) is 35.0. The van der Waals surface area contributed by atoms with Crippen molar-refractivity contribution in [1.82, 2.24) is 29.7 Å². The molecule has 3 aromatic heterocycles. The second kappa shape index (κ2) is 46.1. The van der Waals surface area contributed by atoms with Gasteiger partial charge >= 0.3 is 24.4 Å². The van der Waals surface area contributed by atoms with Gasteiger partial charge in [0.15, 0.2) is 38.7 Å². The first-order valence-corrected chi connectivity index (χ1v) is 42.8. The zero-order chi connectivity index (χ0) is 94.9. The molecular formula is C89H108ClF6IN6O26. The summed E-state index contributed by atoms with van der Waals surface area (Å²) in [5, 5.41) is 17.6. The van der Waals surface area contributed by atoms with Gasteiger partial charge < -0.3 is 91.6 Å². The van der Waals surface area contributed by atoms with Crippen LogP contribution in [0.2, 0.25) is 0 Å². The van der Waals surface area contributed by atoms with E-state index in [1.807, 2.05) is 36.4 Å². The van der Waals surface area contributed by atoms with E-state index in [0.717, 1.165) is 18.2 Å². The van der Waals surface area contributed by atoms with Crippen molar-refractivity contribution in [2.75, 3.05) is 19.8 Å². The highest BCUT2D eigenvalue weighted by molar-refractivity contribution is 14.1. The molecule has 32 nitrogen and oxygen atoms in total. The van der Waals surface area contributed by atoms with Crippen molar-refractivity contribution in [1.29, 1.82) is 0 Å². The van der Waals surface area contributed by atoms with Gasteiger partial charge in [0.25, 0.3) is 17.7 Å². The van der Waals surface area contributed by atoms with Crippen LogP contribution in [0, 0.1) is 51.1 Å². The molecule has 3 aromatic carbocycles. The number of nitrogens with zero attached hydrogens (tertiary/aromatic N) is 3. The van der Waals surface area contributed by atoms with Gasteiger partial charge in [0.2, 0.25) is 28.9 Å². The van der Waals surface area contributed by atoms with Crippen LogP contribution in [0.25, 0.3) is 0 Å². The zero-order valence-corrected chi connectivity index (χ0v) is 76.0. The maximum absolute atomic E-state index is 14.1. The summed E-state index contributed by atoms with van der Waals surface area (Å²) in [7, 11) is 0. The van der Waals surface area contributed by atoms with Crippen molar-refractivity contribution in [3.63, 3.8) is 0 Å². The SMILES string of the molecule is C.CC(C)OC(=O)OC(C)I.CC(C)OC(=O)OC(C)Oc1c2n(cc(C(=O)NCc3ccc(F)cc3F)c1=O)C[C@@H]1OCCC[C@]1(C)C2=O.CC(C)OC(=O)OC(C)Oc1c2n(cc(C(=O)NCc3ccc(F)cc3F)c1=O)C[C@@H]1OCCC[C@]1(C)C2=O.CC(Cl)CC(=O)OC(C)C.C[C@]12CCCO[C@H]1Cn1cc(C(=O)NCc3ccc(F)cc3F)c(=O)c(O)c1C2=O. The number of pyridine rings is 3. The molecule has 10 atom stereocenters. The summed E-state index contributed by atoms with van der Waals surface area (Å²) in [6.07, 6.45) is -0.279. The highest BCUT2D eigenvalue weighted by Gasteiger charge is 2.53. The van der Waals surface area contributed by atoms with Crippen molar-refractivity contribution >= 4 is 93.7 Å². The largest absolute Gasteiger partial charge is 0.511 e. The Morgan fingerprint density at radius 2 is 0.752 bits per heavy atom. The third kappa shape index (κ3) is 27.1. The molecule has 0 radical (unpaired) electrons. The molecule has 0 spiro atoms. The fourth-order valence-corrected chi connectivity index (χ4v) is 14.8. The van der Waals surface area contributed by atoms with Gasteiger partial charge in [0.05, 0.1) is 85.0 Å². The molecular weight excluding hydrogens is 1850 g/mol. The first-order chi connectivity index (χ1) is 60.1. The van der Waals surface area contributed by atoms with Crippen LogP contribution in [0.3, 0.4) is 0 Å². The first kappa shape index (κ1) is 105. The van der Waals surface area contributed by atoms with Crippen molar-refractivity contribution in [3.8, 4) is 17.2 Å². The Bertz CT molecular complexity index is 5060. The third-order valence-electron chi connectivity index (χ3n) is 20.9. The summed E-state index contributed by atoms with van der Waals surface area (Å²) >= 11 is 7.54. The number of alkyl halides is 2. The number of hydrogen-bond acceptors (Lipinski definition) is 26. The van der Waals surface area contributed by atoms with Gasteiger partial charge in [-0.05, 0) is 169 Å². The molecule has 3 saturated heterocycles. The van der Waals surface area contributed by atoms with E-state index in [0.29, 0.717) is 83.0 Å². The number of ether oxygens (including phenoxy) is 12. The van der Waals surface area contributed by atoms with E-state index in [1.165, 1.54) is 64.3 Å². The lowest BCUT2D eigenvalue weighted by atomic mass is 9.71. The van der Waals surface area contributed by atoms with Crippen LogP contribution < -0.4 is 41.7 Å². The van der Waals surface area contributed by atoms with E-state index in [2.05, 4.69) is 20.7 Å². The number of ketones is 3. The lowest BCUT2D eigenvalue weighted by Gasteiger charge is -2.44. The maximum atomic E-state index is 14.1. The molecule has 0 aliphatic carbocycles. The Kier molecular flexibility index (Phi) is 37.5. The van der Waals surface area contributed by atoms with E-state index in [4.69, 9.17) is 63.7 Å². The van der Waals surface area contributed by atoms with E-state index >= 15 is 0 Å². The molecule has 12 rings (SSSR count). The number of carbonyl (C=O) groups excluding carboxylic acids is 10. The van der Waals surface area contributed by atoms with Crippen molar-refractivity contribution in [2.45, 2.75) is 260 Å². The van der Waals surface area contributed by atoms with E-state index in [9.17, 15) is 93.8 Å². The van der Waals surface area contributed by atoms with Crippen molar-refractivity contribution in [2.24, 2.45) is 16.2 Å². The van der Waals surface area contributed by atoms with Crippen LogP contribution in [0.4, 0.5) is 40.7 Å². The standard InChI is InChI=1S/2C27H30F2N2O8.C21H20F2N2O5.C7H13ClO2.C6H11IO3.CH4/c2*1-14(2)37-26(35)39-15(3)38-23-21-24(33)27(4)8-5-9-36-20(27)13-31(21)12-18(22(23)32)25(34)30-11-16-6-7-17(28)10-19(16)29;1-21-5-2-6-30-15(21)10-25-9-13(17(26)18(27)16(25)19(21)28)20(29)24-8-11-3-4-12(22)7-14(11)23;1-5(2)10-7(9)4-6(3)8;1-4(2)9-6(8)10-5(3)7;/h2*6-7,10,12,14-15,20H,5,8-9,11,13H2,1-4H3,(H,30,34);3-4,7,9,15,27H,2,5-6,8,10H2,1H3,(H,24,29);5-6H,4H2,1-3H3;4-5H,1-3H3;1H4/t2*15?,20-,27-;15-,21-;;;/m000.../s1. The van der Waals surface area contributed by atoms with Gasteiger partial charge in [-0.3, -0.25) is 47.9 Å². The molecule has 3 fully saturated rings. The summed E-state index contributed by atoms with van der Waals surface area (Å²) in [5.41, 5.74) is -6.89. The van der Waals surface area contributed by atoms with Crippen LogP contribution >= 0.6 is 34.2 Å². The summed E-state index contributed by atoms with van der Waals surface area (Å²) in [5.74, 6) is -10.6. The minimum atomic E-state index is -1.35. The van der Waals surface area contributed by atoms with Crippen LogP contribution in [0.15, 0.2) is 87.6 Å². The van der Waals surface area contributed by atoms with Gasteiger partial charge in [0.1, 0.15) is 68.7 Å². The molecule has 9 heterocycles.